The van der Waals surface area contributed by atoms with Gasteiger partial charge in [0.15, 0.2) is 5.78 Å². The third kappa shape index (κ3) is 3.58. The minimum atomic E-state index is -0.131. The molecule has 0 aromatic heterocycles. The van der Waals surface area contributed by atoms with Gasteiger partial charge in [-0.25, -0.2) is 0 Å². The van der Waals surface area contributed by atoms with Gasteiger partial charge in [0.2, 0.25) is 0 Å². The Balaban J connectivity index is 1.99. The van der Waals surface area contributed by atoms with Gasteiger partial charge in [-0.15, -0.1) is 0 Å². The largest absolute Gasteiger partial charge is 0.497 e. The van der Waals surface area contributed by atoms with Crippen molar-refractivity contribution in [1.29, 1.82) is 0 Å². The Hall–Kier alpha value is -2.62. The summed E-state index contributed by atoms with van der Waals surface area (Å²) in [6.45, 7) is -0.131. The first kappa shape index (κ1) is 17.2. The van der Waals surface area contributed by atoms with Crippen LogP contribution < -0.4 is 4.74 Å². The highest BCUT2D eigenvalue weighted by Crippen LogP contribution is 2.33. The molecule has 0 spiro atoms. The molecule has 0 aliphatic heterocycles. The number of methoxy groups -OCH3 is 1. The molecule has 3 aromatic rings. The van der Waals surface area contributed by atoms with Crippen LogP contribution in [0.3, 0.4) is 0 Å². The number of hydrogen-bond acceptors (Lipinski definition) is 3. The van der Waals surface area contributed by atoms with Crippen LogP contribution in [0.15, 0.2) is 66.7 Å². The lowest BCUT2D eigenvalue weighted by Gasteiger charge is -2.12. The maximum atomic E-state index is 12.5. The van der Waals surface area contributed by atoms with Crippen LogP contribution in [-0.2, 0) is 6.61 Å². The molecule has 4 heteroatoms. The van der Waals surface area contributed by atoms with Crippen molar-refractivity contribution in [3.05, 3.63) is 88.4 Å². The summed E-state index contributed by atoms with van der Waals surface area (Å²) in [4.78, 5) is 12.5. The van der Waals surface area contributed by atoms with Gasteiger partial charge in [-0.3, -0.25) is 4.79 Å². The van der Waals surface area contributed by atoms with Crippen LogP contribution in [0.25, 0.3) is 11.1 Å². The summed E-state index contributed by atoms with van der Waals surface area (Å²) in [5.41, 5.74) is 3.43. The predicted molar refractivity (Wildman–Crippen MR) is 99.2 cm³/mol. The summed E-state index contributed by atoms with van der Waals surface area (Å²) in [7, 11) is 1.58. The van der Waals surface area contributed by atoms with Crippen LogP contribution >= 0.6 is 11.6 Å². The Morgan fingerprint density at radius 3 is 2.32 bits per heavy atom. The lowest BCUT2D eigenvalue weighted by Crippen LogP contribution is -2.01. The maximum absolute atomic E-state index is 12.5. The van der Waals surface area contributed by atoms with Crippen LogP contribution in [0.2, 0.25) is 5.02 Å². The summed E-state index contributed by atoms with van der Waals surface area (Å²) in [5.74, 6) is 0.589. The van der Waals surface area contributed by atoms with E-state index in [0.717, 1.165) is 11.1 Å². The standard InChI is InChI=1S/C21H17ClO3/c1-25-17-8-10-18(16(11-17)13-23)19-9-7-15(12-20(19)22)21(24)14-5-3-2-4-6-14/h2-12,23H,13H2,1H3. The second kappa shape index (κ2) is 7.51. The first-order valence-electron chi connectivity index (χ1n) is 7.81. The Morgan fingerprint density at radius 1 is 0.960 bits per heavy atom. The molecule has 0 unspecified atom stereocenters. The summed E-state index contributed by atoms with van der Waals surface area (Å²) >= 11 is 6.43. The zero-order chi connectivity index (χ0) is 17.8. The SMILES string of the molecule is COc1ccc(-c2ccc(C(=O)c3ccccc3)cc2Cl)c(CO)c1. The topological polar surface area (TPSA) is 46.5 Å². The number of aliphatic hydroxyl groups excluding tert-OH is 1. The average Bonchev–Trinajstić information content (AvgIpc) is 2.67. The van der Waals surface area contributed by atoms with E-state index in [-0.39, 0.29) is 12.4 Å². The molecule has 0 amide bonds. The van der Waals surface area contributed by atoms with Crippen LogP contribution in [0.1, 0.15) is 21.5 Å². The van der Waals surface area contributed by atoms with Gasteiger partial charge in [-0.05, 0) is 29.3 Å². The lowest BCUT2D eigenvalue weighted by atomic mass is 9.96. The van der Waals surface area contributed by atoms with Crippen molar-refractivity contribution < 1.29 is 14.6 Å². The van der Waals surface area contributed by atoms with E-state index in [2.05, 4.69) is 0 Å². The third-order valence-electron chi connectivity index (χ3n) is 4.04. The van der Waals surface area contributed by atoms with E-state index in [1.54, 1.807) is 43.5 Å². The van der Waals surface area contributed by atoms with E-state index < -0.39 is 0 Å². The van der Waals surface area contributed by atoms with Crippen molar-refractivity contribution in [3.8, 4) is 16.9 Å². The summed E-state index contributed by atoms with van der Waals surface area (Å²) in [6, 6.07) is 19.7. The molecule has 0 aliphatic carbocycles. The highest BCUT2D eigenvalue weighted by atomic mass is 35.5. The van der Waals surface area contributed by atoms with Crippen molar-refractivity contribution in [3.63, 3.8) is 0 Å². The molecule has 0 saturated carbocycles. The molecule has 3 rings (SSSR count). The minimum absolute atomic E-state index is 0.0776. The van der Waals surface area contributed by atoms with Gasteiger partial charge in [0, 0.05) is 21.7 Å². The van der Waals surface area contributed by atoms with Crippen molar-refractivity contribution in [1.82, 2.24) is 0 Å². The monoisotopic (exact) mass is 352 g/mol. The highest BCUT2D eigenvalue weighted by molar-refractivity contribution is 6.34. The predicted octanol–water partition coefficient (Wildman–Crippen LogP) is 4.74. The maximum Gasteiger partial charge on any atom is 0.193 e. The van der Waals surface area contributed by atoms with E-state index in [4.69, 9.17) is 16.3 Å². The van der Waals surface area contributed by atoms with Crippen molar-refractivity contribution in [2.75, 3.05) is 7.11 Å². The zero-order valence-corrected chi connectivity index (χ0v) is 14.5. The summed E-state index contributed by atoms with van der Waals surface area (Å²) < 4.78 is 5.19. The molecule has 3 aromatic carbocycles. The summed E-state index contributed by atoms with van der Waals surface area (Å²) in [6.07, 6.45) is 0. The first-order chi connectivity index (χ1) is 12.1. The second-order valence-corrected chi connectivity index (χ2v) is 5.98. The fourth-order valence-electron chi connectivity index (χ4n) is 2.72. The minimum Gasteiger partial charge on any atom is -0.497 e. The van der Waals surface area contributed by atoms with Crippen LogP contribution in [0.4, 0.5) is 0 Å². The number of rotatable bonds is 5. The van der Waals surface area contributed by atoms with E-state index in [1.807, 2.05) is 30.3 Å². The number of hydrogen-bond donors (Lipinski definition) is 1. The van der Waals surface area contributed by atoms with Gasteiger partial charge >= 0.3 is 0 Å². The fourth-order valence-corrected chi connectivity index (χ4v) is 3.00. The van der Waals surface area contributed by atoms with Gasteiger partial charge in [0.1, 0.15) is 5.75 Å². The molecule has 3 nitrogen and oxygen atoms in total. The molecule has 0 fully saturated rings. The van der Waals surface area contributed by atoms with Crippen LogP contribution in [0, 0.1) is 0 Å². The van der Waals surface area contributed by atoms with Gasteiger partial charge in [0.05, 0.1) is 13.7 Å². The molecule has 0 bridgehead atoms. The number of halogens is 1. The molecule has 0 heterocycles. The highest BCUT2D eigenvalue weighted by Gasteiger charge is 2.14. The molecule has 0 atom stereocenters. The molecular weight excluding hydrogens is 336 g/mol. The van der Waals surface area contributed by atoms with E-state index >= 15 is 0 Å². The molecule has 25 heavy (non-hydrogen) atoms. The smallest absolute Gasteiger partial charge is 0.193 e. The average molecular weight is 353 g/mol. The van der Waals surface area contributed by atoms with E-state index in [9.17, 15) is 9.90 Å². The quantitative estimate of drug-likeness (QED) is 0.675. The van der Waals surface area contributed by atoms with E-state index in [0.29, 0.717) is 27.5 Å². The van der Waals surface area contributed by atoms with Crippen LogP contribution in [-0.4, -0.2) is 18.0 Å². The Bertz CT molecular complexity index is 904. The number of carbonyl (C=O) groups is 1. The fraction of sp³-hybridized carbons (Fsp3) is 0.0952. The number of carbonyl (C=O) groups excluding carboxylic acids is 1. The number of aliphatic hydroxyl groups is 1. The number of benzene rings is 3. The molecule has 1 N–H and O–H groups in total. The molecule has 0 saturated heterocycles. The van der Waals surface area contributed by atoms with Gasteiger partial charge < -0.3 is 9.84 Å². The number of ether oxygens (including phenoxy) is 1. The van der Waals surface area contributed by atoms with Crippen LogP contribution in [0.5, 0.6) is 5.75 Å². The molecule has 0 radical (unpaired) electrons. The number of ketones is 1. The van der Waals surface area contributed by atoms with Gasteiger partial charge in [0.25, 0.3) is 0 Å². The van der Waals surface area contributed by atoms with Crippen molar-refractivity contribution >= 4 is 17.4 Å². The Kier molecular flexibility index (Phi) is 5.17. The first-order valence-corrected chi connectivity index (χ1v) is 8.19. The van der Waals surface area contributed by atoms with Gasteiger partial charge in [-0.1, -0.05) is 60.1 Å². The Morgan fingerprint density at radius 2 is 1.68 bits per heavy atom. The third-order valence-corrected chi connectivity index (χ3v) is 4.35. The van der Waals surface area contributed by atoms with Gasteiger partial charge in [-0.2, -0.15) is 0 Å². The van der Waals surface area contributed by atoms with E-state index in [1.165, 1.54) is 0 Å². The van der Waals surface area contributed by atoms with Crippen molar-refractivity contribution in [2.45, 2.75) is 6.61 Å². The lowest BCUT2D eigenvalue weighted by molar-refractivity contribution is 0.103. The molecule has 126 valence electrons. The Labute approximate surface area is 151 Å². The summed E-state index contributed by atoms with van der Waals surface area (Å²) in [5, 5.41) is 10.1. The molecule has 0 aliphatic rings. The molecular formula is C21H17ClO3. The second-order valence-electron chi connectivity index (χ2n) is 5.57. The van der Waals surface area contributed by atoms with Crippen molar-refractivity contribution in [2.24, 2.45) is 0 Å². The normalized spacial score (nSPS) is 10.5. The zero-order valence-electron chi connectivity index (χ0n) is 13.7.